The normalized spacial score (nSPS) is 7.71. The molecule has 0 aromatic rings. The summed E-state index contributed by atoms with van der Waals surface area (Å²) >= 11 is 0. The Balaban J connectivity index is 0. The Labute approximate surface area is 60.3 Å². The molecule has 1 heteroatoms. The van der Waals surface area contributed by atoms with Gasteiger partial charge in [-0.15, -0.1) is 0 Å². The maximum absolute atomic E-state index is 2.23. The van der Waals surface area contributed by atoms with Crippen LogP contribution in [0.1, 0.15) is 39.5 Å². The van der Waals surface area contributed by atoms with Crippen molar-refractivity contribution in [2.75, 3.05) is 0 Å². The molecule has 0 aromatic carbocycles. The van der Waals surface area contributed by atoms with Crippen molar-refractivity contribution in [2.24, 2.45) is 0 Å². The molecular weight excluding hydrogens is 178 g/mol. The van der Waals surface area contributed by atoms with Gasteiger partial charge in [0.1, 0.15) is 0 Å². The quantitative estimate of drug-likeness (QED) is 0.476. The van der Waals surface area contributed by atoms with Gasteiger partial charge in [-0.05, 0) is 0 Å². The van der Waals surface area contributed by atoms with Crippen LogP contribution in [0.4, 0.5) is 0 Å². The summed E-state index contributed by atoms with van der Waals surface area (Å²) in [6, 6.07) is 0. The van der Waals surface area contributed by atoms with Gasteiger partial charge in [0.15, 0.2) is 0 Å². The van der Waals surface area contributed by atoms with E-state index in [0.29, 0.717) is 0 Å². The summed E-state index contributed by atoms with van der Waals surface area (Å²) in [5.74, 6) is 0. The summed E-state index contributed by atoms with van der Waals surface area (Å²) < 4.78 is 0. The molecule has 0 amide bonds. The molecule has 0 saturated carbocycles. The predicted molar refractivity (Wildman–Crippen MR) is 29.8 cm³/mol. The fraction of sp³-hybridized carbons (Fsp3) is 1.00. The van der Waals surface area contributed by atoms with Crippen molar-refractivity contribution in [3.05, 3.63) is 0 Å². The maximum Gasteiger partial charge on any atom is 0 e. The van der Waals surface area contributed by atoms with E-state index in [-0.39, 0.29) is 20.4 Å². The Morgan fingerprint density at radius 3 is 1.29 bits per heavy atom. The van der Waals surface area contributed by atoms with E-state index in [0.717, 1.165) is 0 Å². The molecule has 0 N–H and O–H groups in total. The van der Waals surface area contributed by atoms with E-state index < -0.39 is 0 Å². The first kappa shape index (κ1) is 10.6. The molecule has 48 valence electrons. The van der Waals surface area contributed by atoms with Crippen molar-refractivity contribution in [1.29, 1.82) is 0 Å². The zero-order chi connectivity index (χ0) is 4.83. The summed E-state index contributed by atoms with van der Waals surface area (Å²) in [6.07, 6.45) is 5.54. The van der Waals surface area contributed by atoms with Crippen LogP contribution in [0, 0.1) is 0 Å². The molecule has 0 heterocycles. The minimum absolute atomic E-state index is 0. The number of hydrogen-bond acceptors (Lipinski definition) is 0. The van der Waals surface area contributed by atoms with Gasteiger partial charge < -0.3 is 0 Å². The Morgan fingerprint density at radius 1 is 0.857 bits per heavy atom. The van der Waals surface area contributed by atoms with E-state index in [4.69, 9.17) is 0 Å². The molecule has 0 spiro atoms. The van der Waals surface area contributed by atoms with Crippen LogP contribution in [0.5, 0.6) is 0 Å². The summed E-state index contributed by atoms with van der Waals surface area (Å²) in [5.41, 5.74) is 0. The number of rotatable bonds is 3. The SMILES string of the molecule is CCCCCC.[Pd]. The van der Waals surface area contributed by atoms with Crippen LogP contribution in [-0.4, -0.2) is 0 Å². The van der Waals surface area contributed by atoms with Crippen molar-refractivity contribution in [3.63, 3.8) is 0 Å². The van der Waals surface area contributed by atoms with E-state index in [9.17, 15) is 0 Å². The van der Waals surface area contributed by atoms with Crippen LogP contribution in [0.15, 0.2) is 0 Å². The largest absolute Gasteiger partial charge is 0.0654 e. The third-order valence-corrected chi connectivity index (χ3v) is 0.957. The fourth-order valence-electron chi connectivity index (χ4n) is 0.500. The van der Waals surface area contributed by atoms with Crippen molar-refractivity contribution in [2.45, 2.75) is 39.5 Å². The van der Waals surface area contributed by atoms with E-state index in [1.807, 2.05) is 0 Å². The molecule has 0 radical (unpaired) electrons. The predicted octanol–water partition coefficient (Wildman–Crippen LogP) is 2.58. The van der Waals surface area contributed by atoms with Crippen LogP contribution >= 0.6 is 0 Å². The van der Waals surface area contributed by atoms with Crippen LogP contribution < -0.4 is 0 Å². The van der Waals surface area contributed by atoms with Crippen molar-refractivity contribution >= 4 is 0 Å². The maximum atomic E-state index is 2.23. The fourth-order valence-corrected chi connectivity index (χ4v) is 0.500. The first-order valence-corrected chi connectivity index (χ1v) is 2.91. The van der Waals surface area contributed by atoms with Crippen LogP contribution in [0.25, 0.3) is 0 Å². The van der Waals surface area contributed by atoms with Gasteiger partial charge in [-0.1, -0.05) is 39.5 Å². The van der Waals surface area contributed by atoms with Crippen LogP contribution in [0.3, 0.4) is 0 Å². The second-order valence-electron chi connectivity index (χ2n) is 1.71. The number of unbranched alkanes of at least 4 members (excludes halogenated alkanes) is 3. The second-order valence-corrected chi connectivity index (χ2v) is 1.71. The average molecular weight is 193 g/mol. The second kappa shape index (κ2) is 9.83. The third-order valence-electron chi connectivity index (χ3n) is 0.957. The van der Waals surface area contributed by atoms with E-state index in [2.05, 4.69) is 13.8 Å². The molecule has 0 bridgehead atoms. The summed E-state index contributed by atoms with van der Waals surface area (Å²) in [5, 5.41) is 0. The molecule has 7 heavy (non-hydrogen) atoms. The average Bonchev–Trinajstić information content (AvgIpc) is 1.61. The Bertz CT molecular complexity index is 16.1. The van der Waals surface area contributed by atoms with Gasteiger partial charge in [0, 0.05) is 20.4 Å². The summed E-state index contributed by atoms with van der Waals surface area (Å²) in [7, 11) is 0. The van der Waals surface area contributed by atoms with Gasteiger partial charge in [-0.25, -0.2) is 0 Å². The monoisotopic (exact) mass is 192 g/mol. The first-order valence-electron chi connectivity index (χ1n) is 2.91. The van der Waals surface area contributed by atoms with Gasteiger partial charge in [-0.3, -0.25) is 0 Å². The Kier molecular flexibility index (Phi) is 14.9. The van der Waals surface area contributed by atoms with E-state index in [1.54, 1.807) is 0 Å². The van der Waals surface area contributed by atoms with Crippen molar-refractivity contribution in [1.82, 2.24) is 0 Å². The van der Waals surface area contributed by atoms with Crippen LogP contribution in [-0.2, 0) is 20.4 Å². The molecule has 0 aromatic heterocycles. The molecule has 0 fully saturated rings. The van der Waals surface area contributed by atoms with E-state index >= 15 is 0 Å². The molecule has 0 rings (SSSR count). The minimum Gasteiger partial charge on any atom is -0.0654 e. The van der Waals surface area contributed by atoms with Crippen LogP contribution in [0.2, 0.25) is 0 Å². The molecule has 0 aliphatic carbocycles. The molecule has 0 saturated heterocycles. The van der Waals surface area contributed by atoms with Crippen molar-refractivity contribution in [3.8, 4) is 0 Å². The topological polar surface area (TPSA) is 0 Å². The summed E-state index contributed by atoms with van der Waals surface area (Å²) in [4.78, 5) is 0. The third kappa shape index (κ3) is 10.8. The van der Waals surface area contributed by atoms with Gasteiger partial charge in [-0.2, -0.15) is 0 Å². The van der Waals surface area contributed by atoms with E-state index in [1.165, 1.54) is 25.7 Å². The zero-order valence-electron chi connectivity index (χ0n) is 5.14. The first-order chi connectivity index (χ1) is 2.91. The minimum atomic E-state index is 0. The molecule has 0 aliphatic heterocycles. The Hall–Kier alpha value is 0.662. The van der Waals surface area contributed by atoms with Gasteiger partial charge >= 0.3 is 0 Å². The molecular formula is C6H14Pd. The zero-order valence-corrected chi connectivity index (χ0v) is 6.70. The molecule has 0 unspecified atom stereocenters. The molecule has 0 aliphatic rings. The smallest absolute Gasteiger partial charge is 0 e. The van der Waals surface area contributed by atoms with Crippen molar-refractivity contribution < 1.29 is 20.4 Å². The number of hydrogen-bond donors (Lipinski definition) is 0. The molecule has 0 nitrogen and oxygen atoms in total. The van der Waals surface area contributed by atoms with Gasteiger partial charge in [0.2, 0.25) is 0 Å². The standard InChI is InChI=1S/C6H14.Pd/c1-3-5-6-4-2;/h3-6H2,1-2H3;. The van der Waals surface area contributed by atoms with Gasteiger partial charge in [0.25, 0.3) is 0 Å². The Morgan fingerprint density at radius 2 is 1.14 bits per heavy atom. The van der Waals surface area contributed by atoms with Gasteiger partial charge in [0.05, 0.1) is 0 Å². The summed E-state index contributed by atoms with van der Waals surface area (Å²) in [6.45, 7) is 4.46. The molecule has 0 atom stereocenters.